The summed E-state index contributed by atoms with van der Waals surface area (Å²) in [5.41, 5.74) is 0. The highest BCUT2D eigenvalue weighted by Crippen LogP contribution is 2.02. The van der Waals surface area contributed by atoms with E-state index in [-0.39, 0.29) is 19.3 Å². The highest BCUT2D eigenvalue weighted by atomic mass is 16.6. The molecule has 0 aliphatic carbocycles. The van der Waals surface area contributed by atoms with E-state index in [1.165, 1.54) is 0 Å². The number of rotatable bonds is 11. The van der Waals surface area contributed by atoms with Crippen molar-refractivity contribution in [1.29, 1.82) is 0 Å². The van der Waals surface area contributed by atoms with Crippen molar-refractivity contribution in [1.82, 2.24) is 4.90 Å². The van der Waals surface area contributed by atoms with Gasteiger partial charge in [-0.15, -0.1) is 0 Å². The first-order chi connectivity index (χ1) is 8.76. The first-order valence-electron chi connectivity index (χ1n) is 6.89. The highest BCUT2D eigenvalue weighted by molar-refractivity contribution is 5.67. The molecule has 0 rings (SSSR count). The zero-order valence-electron chi connectivity index (χ0n) is 11.4. The lowest BCUT2D eigenvalue weighted by atomic mass is 10.2. The SMILES string of the molecule is CCCCCCOC(=O)N(CCCO)CCCO. The van der Waals surface area contributed by atoms with Crippen LogP contribution >= 0.6 is 0 Å². The summed E-state index contributed by atoms with van der Waals surface area (Å²) >= 11 is 0. The van der Waals surface area contributed by atoms with Crippen LogP contribution in [0.25, 0.3) is 0 Å². The lowest BCUT2D eigenvalue weighted by molar-refractivity contribution is 0.0951. The molecule has 0 fully saturated rings. The van der Waals surface area contributed by atoms with Gasteiger partial charge in [0.1, 0.15) is 0 Å². The molecule has 0 spiro atoms. The first kappa shape index (κ1) is 17.2. The number of carbonyl (C=O) groups excluding carboxylic acids is 1. The van der Waals surface area contributed by atoms with E-state index in [1.54, 1.807) is 4.90 Å². The second-order valence-corrected chi connectivity index (χ2v) is 4.32. The average molecular weight is 261 g/mol. The molecule has 0 aromatic heterocycles. The second kappa shape index (κ2) is 12.6. The highest BCUT2D eigenvalue weighted by Gasteiger charge is 2.13. The smallest absolute Gasteiger partial charge is 0.409 e. The van der Waals surface area contributed by atoms with Crippen molar-refractivity contribution in [2.45, 2.75) is 45.4 Å². The summed E-state index contributed by atoms with van der Waals surface area (Å²) in [5.74, 6) is 0. The van der Waals surface area contributed by atoms with E-state index >= 15 is 0 Å². The molecule has 0 aliphatic rings. The third-order valence-corrected chi connectivity index (χ3v) is 2.65. The van der Waals surface area contributed by atoms with Gasteiger partial charge in [-0.05, 0) is 19.3 Å². The molecule has 5 heteroatoms. The molecule has 0 aromatic rings. The van der Waals surface area contributed by atoms with Crippen LogP contribution in [0.15, 0.2) is 0 Å². The summed E-state index contributed by atoms with van der Waals surface area (Å²) < 4.78 is 5.17. The maximum absolute atomic E-state index is 11.7. The topological polar surface area (TPSA) is 70.0 Å². The van der Waals surface area contributed by atoms with Crippen LogP contribution in [0.5, 0.6) is 0 Å². The Bertz CT molecular complexity index is 191. The summed E-state index contributed by atoms with van der Waals surface area (Å²) in [6.45, 7) is 3.65. The second-order valence-electron chi connectivity index (χ2n) is 4.32. The summed E-state index contributed by atoms with van der Waals surface area (Å²) in [6, 6.07) is 0. The Hall–Kier alpha value is -0.810. The van der Waals surface area contributed by atoms with Crippen molar-refractivity contribution in [3.05, 3.63) is 0 Å². The Kier molecular flexibility index (Phi) is 12.1. The van der Waals surface area contributed by atoms with Crippen LogP contribution in [0.2, 0.25) is 0 Å². The largest absolute Gasteiger partial charge is 0.449 e. The molecule has 18 heavy (non-hydrogen) atoms. The summed E-state index contributed by atoms with van der Waals surface area (Å²) in [6.07, 6.45) is 5.04. The predicted molar refractivity (Wildman–Crippen MR) is 70.5 cm³/mol. The van der Waals surface area contributed by atoms with Crippen LogP contribution in [-0.4, -0.2) is 54.1 Å². The monoisotopic (exact) mass is 261 g/mol. The van der Waals surface area contributed by atoms with Gasteiger partial charge in [0.2, 0.25) is 0 Å². The van der Waals surface area contributed by atoms with Gasteiger partial charge >= 0.3 is 6.09 Å². The number of carbonyl (C=O) groups is 1. The molecular formula is C13H27NO4. The molecule has 5 nitrogen and oxygen atoms in total. The van der Waals surface area contributed by atoms with E-state index in [0.717, 1.165) is 25.7 Å². The third-order valence-electron chi connectivity index (χ3n) is 2.65. The Morgan fingerprint density at radius 3 is 2.11 bits per heavy atom. The van der Waals surface area contributed by atoms with Crippen LogP contribution in [0.4, 0.5) is 4.79 Å². The van der Waals surface area contributed by atoms with E-state index in [2.05, 4.69) is 6.92 Å². The van der Waals surface area contributed by atoms with E-state index < -0.39 is 0 Å². The number of unbranched alkanes of at least 4 members (excludes halogenated alkanes) is 3. The minimum Gasteiger partial charge on any atom is -0.449 e. The number of ether oxygens (including phenoxy) is 1. The van der Waals surface area contributed by atoms with Gasteiger partial charge in [0.05, 0.1) is 6.61 Å². The molecular weight excluding hydrogens is 234 g/mol. The number of aliphatic hydroxyl groups excluding tert-OH is 2. The van der Waals surface area contributed by atoms with Crippen molar-refractivity contribution in [3.63, 3.8) is 0 Å². The van der Waals surface area contributed by atoms with Crippen LogP contribution in [0.3, 0.4) is 0 Å². The van der Waals surface area contributed by atoms with E-state index in [1.807, 2.05) is 0 Å². The van der Waals surface area contributed by atoms with Gasteiger partial charge in [-0.2, -0.15) is 0 Å². The maximum atomic E-state index is 11.7. The molecule has 0 atom stereocenters. The molecule has 108 valence electrons. The number of hydrogen-bond donors (Lipinski definition) is 2. The number of hydrogen-bond acceptors (Lipinski definition) is 4. The predicted octanol–water partition coefficient (Wildman–Crippen LogP) is 1.77. The molecule has 0 aliphatic heterocycles. The van der Waals surface area contributed by atoms with Crippen molar-refractivity contribution in [3.8, 4) is 0 Å². The van der Waals surface area contributed by atoms with Crippen LogP contribution in [0.1, 0.15) is 45.4 Å². The van der Waals surface area contributed by atoms with Gasteiger partial charge in [0, 0.05) is 26.3 Å². The normalized spacial score (nSPS) is 10.4. The number of nitrogens with zero attached hydrogens (tertiary/aromatic N) is 1. The quantitative estimate of drug-likeness (QED) is 0.556. The molecule has 0 unspecified atom stereocenters. The fraction of sp³-hybridized carbons (Fsp3) is 0.923. The summed E-state index contributed by atoms with van der Waals surface area (Å²) in [5, 5.41) is 17.5. The first-order valence-corrected chi connectivity index (χ1v) is 6.89. The third kappa shape index (κ3) is 9.24. The summed E-state index contributed by atoms with van der Waals surface area (Å²) in [7, 11) is 0. The maximum Gasteiger partial charge on any atom is 0.409 e. The van der Waals surface area contributed by atoms with Crippen molar-refractivity contribution in [2.75, 3.05) is 32.9 Å². The van der Waals surface area contributed by atoms with E-state index in [9.17, 15) is 4.79 Å². The zero-order valence-corrected chi connectivity index (χ0v) is 11.4. The van der Waals surface area contributed by atoms with Crippen LogP contribution < -0.4 is 0 Å². The van der Waals surface area contributed by atoms with Gasteiger partial charge in [0.25, 0.3) is 0 Å². The molecule has 2 N–H and O–H groups in total. The molecule has 0 bridgehead atoms. The van der Waals surface area contributed by atoms with Gasteiger partial charge < -0.3 is 19.8 Å². The Balaban J connectivity index is 3.80. The summed E-state index contributed by atoms with van der Waals surface area (Å²) in [4.78, 5) is 13.3. The van der Waals surface area contributed by atoms with E-state index in [0.29, 0.717) is 32.5 Å². The van der Waals surface area contributed by atoms with E-state index in [4.69, 9.17) is 14.9 Å². The Morgan fingerprint density at radius 2 is 1.61 bits per heavy atom. The molecule has 0 radical (unpaired) electrons. The number of aliphatic hydroxyl groups is 2. The molecule has 0 saturated heterocycles. The number of amides is 1. The fourth-order valence-corrected chi connectivity index (χ4v) is 1.60. The fourth-order valence-electron chi connectivity index (χ4n) is 1.60. The Labute approximate surface area is 110 Å². The van der Waals surface area contributed by atoms with Gasteiger partial charge in [-0.1, -0.05) is 26.2 Å². The van der Waals surface area contributed by atoms with Crippen molar-refractivity contribution in [2.24, 2.45) is 0 Å². The van der Waals surface area contributed by atoms with Crippen LogP contribution in [-0.2, 0) is 4.74 Å². The average Bonchev–Trinajstić information content (AvgIpc) is 2.38. The molecule has 0 heterocycles. The van der Waals surface area contributed by atoms with Gasteiger partial charge in [0.15, 0.2) is 0 Å². The minimum atomic E-state index is -0.339. The minimum absolute atomic E-state index is 0.0550. The zero-order chi connectivity index (χ0) is 13.6. The Morgan fingerprint density at radius 1 is 1.00 bits per heavy atom. The van der Waals surface area contributed by atoms with Gasteiger partial charge in [-0.3, -0.25) is 0 Å². The molecule has 0 saturated carbocycles. The standard InChI is InChI=1S/C13H27NO4/c1-2-3-4-5-12-18-13(17)14(8-6-10-15)9-7-11-16/h15-16H,2-12H2,1H3. The van der Waals surface area contributed by atoms with Crippen LogP contribution in [0, 0.1) is 0 Å². The van der Waals surface area contributed by atoms with Gasteiger partial charge in [-0.25, -0.2) is 4.79 Å². The lowest BCUT2D eigenvalue weighted by Gasteiger charge is -2.21. The van der Waals surface area contributed by atoms with Crippen molar-refractivity contribution < 1.29 is 19.7 Å². The molecule has 1 amide bonds. The lowest BCUT2D eigenvalue weighted by Crippen LogP contribution is -2.34. The van der Waals surface area contributed by atoms with Crippen molar-refractivity contribution >= 4 is 6.09 Å². The molecule has 0 aromatic carbocycles.